The number of carbonyl (C=O) groups excluding carboxylic acids is 1. The molecule has 1 fully saturated rings. The van der Waals surface area contributed by atoms with E-state index in [0.717, 1.165) is 17.8 Å². The van der Waals surface area contributed by atoms with Crippen LogP contribution in [0.3, 0.4) is 0 Å². The van der Waals surface area contributed by atoms with Crippen LogP contribution in [0.25, 0.3) is 0 Å². The second-order valence-electron chi connectivity index (χ2n) is 7.60. The topological polar surface area (TPSA) is 41.1 Å². The molecule has 1 unspecified atom stereocenters. The fourth-order valence-corrected chi connectivity index (χ4v) is 4.17. The summed E-state index contributed by atoms with van der Waals surface area (Å²) < 4.78 is 0. The maximum Gasteiger partial charge on any atom is 0.228 e. The number of hydrogen-bond acceptors (Lipinski definition) is 2. The van der Waals surface area contributed by atoms with E-state index in [-0.39, 0.29) is 5.91 Å². The lowest BCUT2D eigenvalue weighted by Crippen LogP contribution is -2.25. The molecule has 0 saturated heterocycles. The van der Waals surface area contributed by atoms with Crippen molar-refractivity contribution >= 4 is 11.6 Å². The van der Waals surface area contributed by atoms with Gasteiger partial charge in [-0.05, 0) is 40.5 Å². The summed E-state index contributed by atoms with van der Waals surface area (Å²) in [6.45, 7) is 12.6. The average Bonchev–Trinajstić information content (AvgIpc) is 2.70. The van der Waals surface area contributed by atoms with Crippen LogP contribution in [0, 0.1) is 16.7 Å². The first-order chi connectivity index (χ1) is 9.79. The van der Waals surface area contributed by atoms with Crippen LogP contribution in [0.1, 0.15) is 51.8 Å². The van der Waals surface area contributed by atoms with Gasteiger partial charge in [0, 0.05) is 11.7 Å². The van der Waals surface area contributed by atoms with E-state index in [1.807, 2.05) is 0 Å². The Kier molecular flexibility index (Phi) is 3.17. The molecule has 1 aliphatic heterocycles. The van der Waals surface area contributed by atoms with Gasteiger partial charge >= 0.3 is 0 Å². The van der Waals surface area contributed by atoms with Crippen LogP contribution in [0.4, 0.5) is 5.69 Å². The molecule has 0 aromatic heterocycles. The van der Waals surface area contributed by atoms with E-state index in [1.165, 1.54) is 5.56 Å². The summed E-state index contributed by atoms with van der Waals surface area (Å²) in [7, 11) is 0. The third kappa shape index (κ3) is 2.10. The highest BCUT2D eigenvalue weighted by Gasteiger charge is 2.67. The van der Waals surface area contributed by atoms with E-state index in [1.54, 1.807) is 0 Å². The van der Waals surface area contributed by atoms with Crippen molar-refractivity contribution in [2.24, 2.45) is 16.7 Å². The predicted octanol–water partition coefficient (Wildman–Crippen LogP) is 3.51. The standard InChI is InChI=1S/C18H26N2O/c1-6-19-15(16-17(2,3)18(16,4)5)11-7-8-13-12(9-11)10-14(21)20-13/h7-9,15-16,19H,6,10H2,1-5H3,(H,20,21). The van der Waals surface area contributed by atoms with Crippen molar-refractivity contribution < 1.29 is 4.79 Å². The number of benzene rings is 1. The molecule has 2 N–H and O–H groups in total. The van der Waals surface area contributed by atoms with E-state index in [9.17, 15) is 4.79 Å². The zero-order valence-electron chi connectivity index (χ0n) is 13.7. The number of rotatable bonds is 4. The lowest BCUT2D eigenvalue weighted by atomic mass is 9.94. The van der Waals surface area contributed by atoms with Crippen LogP contribution in [-0.2, 0) is 11.2 Å². The molecule has 114 valence electrons. The van der Waals surface area contributed by atoms with Crippen molar-refractivity contribution in [3.05, 3.63) is 29.3 Å². The maximum absolute atomic E-state index is 11.5. The Labute approximate surface area is 127 Å². The van der Waals surface area contributed by atoms with Crippen LogP contribution in [-0.4, -0.2) is 12.5 Å². The summed E-state index contributed by atoms with van der Waals surface area (Å²) in [5, 5.41) is 6.58. The third-order valence-electron chi connectivity index (χ3n) is 6.00. The van der Waals surface area contributed by atoms with E-state index in [2.05, 4.69) is 63.5 Å². The minimum Gasteiger partial charge on any atom is -0.326 e. The molecule has 3 heteroatoms. The molecule has 0 bridgehead atoms. The minimum absolute atomic E-state index is 0.106. The molecule has 1 aromatic rings. The third-order valence-corrected chi connectivity index (χ3v) is 6.00. The quantitative estimate of drug-likeness (QED) is 0.889. The minimum atomic E-state index is 0.106. The van der Waals surface area contributed by atoms with Gasteiger partial charge in [-0.25, -0.2) is 0 Å². The van der Waals surface area contributed by atoms with Crippen LogP contribution in [0.15, 0.2) is 18.2 Å². The number of hydrogen-bond donors (Lipinski definition) is 2. The molecule has 1 aliphatic carbocycles. The van der Waals surface area contributed by atoms with Gasteiger partial charge in [0.1, 0.15) is 0 Å². The predicted molar refractivity (Wildman–Crippen MR) is 86.2 cm³/mol. The summed E-state index contributed by atoms with van der Waals surface area (Å²) in [6, 6.07) is 6.80. The lowest BCUT2D eigenvalue weighted by Gasteiger charge is -2.21. The van der Waals surface area contributed by atoms with Crippen molar-refractivity contribution in [3.63, 3.8) is 0 Å². The molecule has 1 aromatic carbocycles. The normalized spacial score (nSPS) is 23.6. The fourth-order valence-electron chi connectivity index (χ4n) is 4.17. The van der Waals surface area contributed by atoms with E-state index < -0.39 is 0 Å². The Hall–Kier alpha value is -1.35. The van der Waals surface area contributed by atoms with Gasteiger partial charge in [-0.2, -0.15) is 0 Å². The SMILES string of the molecule is CCNC(c1ccc2c(c1)CC(=O)N2)C1C(C)(C)C1(C)C. The zero-order chi connectivity index (χ0) is 15.4. The van der Waals surface area contributed by atoms with Gasteiger partial charge in [0.25, 0.3) is 0 Å². The number of carbonyl (C=O) groups is 1. The molecule has 1 saturated carbocycles. The molecule has 0 spiro atoms. The van der Waals surface area contributed by atoms with Crippen molar-refractivity contribution in [2.75, 3.05) is 11.9 Å². The highest BCUT2D eigenvalue weighted by Crippen LogP contribution is 2.72. The number of anilines is 1. The second kappa shape index (κ2) is 4.57. The fraction of sp³-hybridized carbons (Fsp3) is 0.611. The maximum atomic E-state index is 11.5. The smallest absolute Gasteiger partial charge is 0.228 e. The van der Waals surface area contributed by atoms with Gasteiger partial charge in [0.2, 0.25) is 5.91 Å². The van der Waals surface area contributed by atoms with Crippen molar-refractivity contribution in [3.8, 4) is 0 Å². The molecule has 1 atom stereocenters. The van der Waals surface area contributed by atoms with Gasteiger partial charge in [-0.1, -0.05) is 46.8 Å². The van der Waals surface area contributed by atoms with Crippen molar-refractivity contribution in [1.29, 1.82) is 0 Å². The number of amides is 1. The molecule has 3 nitrogen and oxygen atoms in total. The van der Waals surface area contributed by atoms with Crippen LogP contribution in [0.2, 0.25) is 0 Å². The highest BCUT2D eigenvalue weighted by atomic mass is 16.1. The van der Waals surface area contributed by atoms with Crippen LogP contribution >= 0.6 is 0 Å². The Morgan fingerprint density at radius 3 is 2.52 bits per heavy atom. The largest absolute Gasteiger partial charge is 0.326 e. The molecule has 21 heavy (non-hydrogen) atoms. The molecular formula is C18H26N2O. The Bertz CT molecular complexity index is 575. The van der Waals surface area contributed by atoms with Gasteiger partial charge in [-0.3, -0.25) is 4.79 Å². The molecular weight excluding hydrogens is 260 g/mol. The van der Waals surface area contributed by atoms with Crippen molar-refractivity contribution in [2.45, 2.75) is 47.1 Å². The van der Waals surface area contributed by atoms with Crippen LogP contribution in [0.5, 0.6) is 0 Å². The summed E-state index contributed by atoms with van der Waals surface area (Å²) in [5.41, 5.74) is 4.11. The number of nitrogens with one attached hydrogen (secondary N) is 2. The van der Waals surface area contributed by atoms with E-state index in [4.69, 9.17) is 0 Å². The summed E-state index contributed by atoms with van der Waals surface area (Å²) >= 11 is 0. The Balaban J connectivity index is 1.93. The first kappa shape index (κ1) is 14.6. The summed E-state index contributed by atoms with van der Waals surface area (Å²) in [5.74, 6) is 0.724. The Morgan fingerprint density at radius 2 is 1.95 bits per heavy atom. The summed E-state index contributed by atoms with van der Waals surface area (Å²) in [4.78, 5) is 11.5. The summed E-state index contributed by atoms with van der Waals surface area (Å²) in [6.07, 6.45) is 0.513. The Morgan fingerprint density at radius 1 is 1.29 bits per heavy atom. The number of fused-ring (bicyclic) bond motifs is 1. The van der Waals surface area contributed by atoms with E-state index in [0.29, 0.717) is 29.2 Å². The molecule has 3 rings (SSSR count). The van der Waals surface area contributed by atoms with Gasteiger partial charge in [0.05, 0.1) is 6.42 Å². The first-order valence-corrected chi connectivity index (χ1v) is 7.95. The highest BCUT2D eigenvalue weighted by molar-refractivity contribution is 5.99. The zero-order valence-corrected chi connectivity index (χ0v) is 13.7. The lowest BCUT2D eigenvalue weighted by molar-refractivity contribution is -0.115. The second-order valence-corrected chi connectivity index (χ2v) is 7.60. The monoisotopic (exact) mass is 286 g/mol. The van der Waals surface area contributed by atoms with E-state index >= 15 is 0 Å². The van der Waals surface area contributed by atoms with Crippen molar-refractivity contribution in [1.82, 2.24) is 5.32 Å². The average molecular weight is 286 g/mol. The van der Waals surface area contributed by atoms with Crippen LogP contribution < -0.4 is 10.6 Å². The molecule has 0 radical (unpaired) electrons. The van der Waals surface area contributed by atoms with Gasteiger partial charge < -0.3 is 10.6 Å². The van der Waals surface area contributed by atoms with Gasteiger partial charge in [-0.15, -0.1) is 0 Å². The first-order valence-electron chi connectivity index (χ1n) is 7.95. The van der Waals surface area contributed by atoms with Gasteiger partial charge in [0.15, 0.2) is 0 Å². The molecule has 1 heterocycles. The molecule has 2 aliphatic rings. The molecule has 1 amide bonds.